The van der Waals surface area contributed by atoms with Gasteiger partial charge in [0.1, 0.15) is 23.0 Å². The minimum absolute atomic E-state index is 0.0182. The Bertz CT molecular complexity index is 2410. The Morgan fingerprint density at radius 3 is 1.57 bits per heavy atom. The molecule has 0 radical (unpaired) electrons. The monoisotopic (exact) mass is 678 g/mol. The summed E-state index contributed by atoms with van der Waals surface area (Å²) >= 11 is 0. The number of benzene rings is 2. The number of nitrogens with one attached hydrogen (secondary N) is 1. The van der Waals surface area contributed by atoms with Gasteiger partial charge < -0.3 is 5.32 Å². The highest BCUT2D eigenvalue weighted by Gasteiger charge is 2.20. The van der Waals surface area contributed by atoms with Crippen LogP contribution in [0.4, 0.5) is 0 Å². The number of hydrogen-bond donors (Lipinski definition) is 1. The van der Waals surface area contributed by atoms with Crippen LogP contribution < -0.4 is 16.4 Å². The number of aromatic nitrogens is 6. The highest BCUT2D eigenvalue weighted by Crippen LogP contribution is 2.20. The van der Waals surface area contributed by atoms with Gasteiger partial charge in [0.05, 0.1) is 33.9 Å². The molecular formula is C41H42N8O2. The fourth-order valence-electron chi connectivity index (χ4n) is 5.40. The van der Waals surface area contributed by atoms with Crippen molar-refractivity contribution < 1.29 is 0 Å². The SMILES string of the molecule is CC(C)N(C)C(C)c1nc2cc(C#Cc3ccccn3)ccc2c(=O)n1C.CNC(C)c1nc2cc(C#Cc3ccccn3)ccc2c(=O)n1C. The Morgan fingerprint density at radius 2 is 1.14 bits per heavy atom. The van der Waals surface area contributed by atoms with E-state index < -0.39 is 0 Å². The first-order valence-electron chi connectivity index (χ1n) is 16.7. The highest BCUT2D eigenvalue weighted by molar-refractivity contribution is 5.80. The van der Waals surface area contributed by atoms with Crippen LogP contribution in [0.1, 0.15) is 73.9 Å². The Hall–Kier alpha value is -5.94. The maximum Gasteiger partial charge on any atom is 0.261 e. The lowest BCUT2D eigenvalue weighted by Gasteiger charge is -2.29. The second kappa shape index (κ2) is 16.2. The molecule has 4 heterocycles. The molecule has 2 aromatic carbocycles. The maximum atomic E-state index is 12.8. The molecule has 6 rings (SSSR count). The first-order valence-corrected chi connectivity index (χ1v) is 16.7. The molecule has 0 saturated carbocycles. The number of fused-ring (bicyclic) bond motifs is 2. The van der Waals surface area contributed by atoms with Gasteiger partial charge in [0.25, 0.3) is 11.1 Å². The molecule has 10 nitrogen and oxygen atoms in total. The van der Waals surface area contributed by atoms with Crippen molar-refractivity contribution in [3.05, 3.63) is 140 Å². The van der Waals surface area contributed by atoms with Crippen molar-refractivity contribution in [2.45, 2.75) is 45.8 Å². The van der Waals surface area contributed by atoms with Gasteiger partial charge in [0.2, 0.25) is 0 Å². The number of pyridine rings is 2. The predicted molar refractivity (Wildman–Crippen MR) is 203 cm³/mol. The van der Waals surface area contributed by atoms with Crippen LogP contribution in [0.5, 0.6) is 0 Å². The van der Waals surface area contributed by atoms with Crippen LogP contribution in [0, 0.1) is 23.7 Å². The van der Waals surface area contributed by atoms with Crippen molar-refractivity contribution in [2.75, 3.05) is 14.1 Å². The van der Waals surface area contributed by atoms with E-state index in [1.807, 2.05) is 81.7 Å². The molecule has 4 aromatic heterocycles. The van der Waals surface area contributed by atoms with E-state index in [0.717, 1.165) is 17.0 Å². The van der Waals surface area contributed by atoms with Gasteiger partial charge in [-0.1, -0.05) is 24.0 Å². The second-order valence-electron chi connectivity index (χ2n) is 12.5. The van der Waals surface area contributed by atoms with Crippen molar-refractivity contribution in [2.24, 2.45) is 14.1 Å². The summed E-state index contributed by atoms with van der Waals surface area (Å²) in [5.74, 6) is 13.7. The third kappa shape index (κ3) is 8.45. The summed E-state index contributed by atoms with van der Waals surface area (Å²) in [6, 6.07) is 22.6. The van der Waals surface area contributed by atoms with Crippen LogP contribution >= 0.6 is 0 Å². The Kier molecular flexibility index (Phi) is 11.5. The number of nitrogens with zero attached hydrogens (tertiary/aromatic N) is 7. The fourth-order valence-corrected chi connectivity index (χ4v) is 5.40. The molecule has 0 aliphatic carbocycles. The molecule has 0 saturated heterocycles. The van der Waals surface area contributed by atoms with Gasteiger partial charge in [-0.15, -0.1) is 0 Å². The van der Waals surface area contributed by atoms with E-state index in [9.17, 15) is 9.59 Å². The van der Waals surface area contributed by atoms with Gasteiger partial charge in [-0.2, -0.15) is 0 Å². The first kappa shape index (κ1) is 36.3. The van der Waals surface area contributed by atoms with Gasteiger partial charge in [-0.25, -0.2) is 19.9 Å². The summed E-state index contributed by atoms with van der Waals surface area (Å²) in [5.41, 5.74) is 4.26. The first-order chi connectivity index (χ1) is 24.5. The summed E-state index contributed by atoms with van der Waals surface area (Å²) < 4.78 is 3.23. The normalized spacial score (nSPS) is 12.0. The summed E-state index contributed by atoms with van der Waals surface area (Å²) in [5, 5.41) is 4.31. The van der Waals surface area contributed by atoms with E-state index in [1.54, 1.807) is 47.8 Å². The summed E-state index contributed by atoms with van der Waals surface area (Å²) in [4.78, 5) is 45.3. The van der Waals surface area contributed by atoms with Crippen molar-refractivity contribution in [3.63, 3.8) is 0 Å². The zero-order valence-electron chi connectivity index (χ0n) is 30.3. The predicted octanol–water partition coefficient (Wildman–Crippen LogP) is 5.14. The summed E-state index contributed by atoms with van der Waals surface area (Å²) in [6.07, 6.45) is 3.43. The fraction of sp³-hybridized carbons (Fsp3) is 0.268. The Balaban J connectivity index is 0.000000199. The average Bonchev–Trinajstić information content (AvgIpc) is 3.16. The lowest BCUT2D eigenvalue weighted by Crippen LogP contribution is -2.34. The molecule has 10 heteroatoms. The van der Waals surface area contributed by atoms with E-state index in [0.29, 0.717) is 45.1 Å². The lowest BCUT2D eigenvalue weighted by molar-refractivity contribution is 0.199. The van der Waals surface area contributed by atoms with E-state index in [1.165, 1.54) is 0 Å². The molecule has 2 atom stereocenters. The topological polar surface area (TPSA) is 111 Å². The highest BCUT2D eigenvalue weighted by atomic mass is 16.1. The van der Waals surface area contributed by atoms with Crippen LogP contribution in [-0.4, -0.2) is 54.1 Å². The Morgan fingerprint density at radius 1 is 0.667 bits per heavy atom. The van der Waals surface area contributed by atoms with Crippen LogP contribution in [0.25, 0.3) is 21.8 Å². The van der Waals surface area contributed by atoms with Gasteiger partial charge in [0, 0.05) is 43.7 Å². The van der Waals surface area contributed by atoms with Crippen molar-refractivity contribution in [1.82, 2.24) is 39.3 Å². The molecule has 0 amide bonds. The standard InChI is InChI=1S/C22H24N4O.C19H18N4O/c1-15(2)25(4)16(3)21-24-20-14-17(9-11-18-8-6-7-13-23-18)10-12-19(20)22(27)26(21)5;1-13(20-2)18-22-17-12-14(7-9-15-6-4-5-11-21-15)8-10-16(17)19(24)23(18)3/h6-8,10,12-16H,1-5H3;4-6,8,10-13,20H,1-3H3. The van der Waals surface area contributed by atoms with Crippen LogP contribution in [0.15, 0.2) is 94.8 Å². The van der Waals surface area contributed by atoms with Gasteiger partial charge in [-0.05, 0) is 114 Å². The molecule has 2 unspecified atom stereocenters. The zero-order valence-corrected chi connectivity index (χ0v) is 30.3. The zero-order chi connectivity index (χ0) is 36.7. The van der Waals surface area contributed by atoms with Crippen molar-refractivity contribution in [1.29, 1.82) is 0 Å². The van der Waals surface area contributed by atoms with Gasteiger partial charge in [0.15, 0.2) is 0 Å². The average molecular weight is 679 g/mol. The molecule has 0 aliphatic rings. The lowest BCUT2D eigenvalue weighted by atomic mass is 10.1. The third-order valence-corrected chi connectivity index (χ3v) is 8.84. The quantitative estimate of drug-likeness (QED) is 0.250. The minimum atomic E-state index is -0.0543. The maximum absolute atomic E-state index is 12.8. The largest absolute Gasteiger partial charge is 0.311 e. The summed E-state index contributed by atoms with van der Waals surface area (Å²) in [6.45, 7) is 8.29. The molecule has 0 fully saturated rings. The molecule has 258 valence electrons. The molecule has 51 heavy (non-hydrogen) atoms. The Labute approximate surface area is 298 Å². The van der Waals surface area contributed by atoms with Gasteiger partial charge >= 0.3 is 0 Å². The van der Waals surface area contributed by atoms with E-state index >= 15 is 0 Å². The molecular weight excluding hydrogens is 637 g/mol. The molecule has 0 aliphatic heterocycles. The summed E-state index contributed by atoms with van der Waals surface area (Å²) in [7, 11) is 7.41. The molecule has 0 bridgehead atoms. The molecule has 0 spiro atoms. The number of hydrogen-bond acceptors (Lipinski definition) is 8. The molecule has 6 aromatic rings. The number of rotatable bonds is 5. The van der Waals surface area contributed by atoms with E-state index in [2.05, 4.69) is 69.6 Å². The third-order valence-electron chi connectivity index (χ3n) is 8.84. The van der Waals surface area contributed by atoms with Crippen molar-refractivity contribution >= 4 is 21.8 Å². The van der Waals surface area contributed by atoms with Gasteiger partial charge in [-0.3, -0.25) is 23.6 Å². The second-order valence-corrected chi connectivity index (χ2v) is 12.5. The van der Waals surface area contributed by atoms with Crippen molar-refractivity contribution in [3.8, 4) is 23.7 Å². The smallest absolute Gasteiger partial charge is 0.261 e. The van der Waals surface area contributed by atoms with Crippen LogP contribution in [-0.2, 0) is 14.1 Å². The van der Waals surface area contributed by atoms with Crippen LogP contribution in [0.2, 0.25) is 0 Å². The van der Waals surface area contributed by atoms with E-state index in [-0.39, 0.29) is 23.2 Å². The molecule has 1 N–H and O–H groups in total. The van der Waals surface area contributed by atoms with Crippen LogP contribution in [0.3, 0.4) is 0 Å². The minimum Gasteiger partial charge on any atom is -0.311 e. The van der Waals surface area contributed by atoms with E-state index in [4.69, 9.17) is 4.98 Å².